The molecule has 5 nitrogen and oxygen atoms in total. The molecule has 0 unspecified atom stereocenters. The lowest BCUT2D eigenvalue weighted by molar-refractivity contribution is -0.147. The highest BCUT2D eigenvalue weighted by Crippen LogP contribution is 2.22. The topological polar surface area (TPSA) is 78.8 Å². The molecule has 0 amide bonds. The number of carbonyl (C=O) groups is 1. The van der Waals surface area contributed by atoms with Gasteiger partial charge in [-0.05, 0) is 26.7 Å². The molecule has 1 heterocycles. The third-order valence-electron chi connectivity index (χ3n) is 3.24. The zero-order valence-corrected chi connectivity index (χ0v) is 9.95. The highest BCUT2D eigenvalue weighted by atomic mass is 16.5. The van der Waals surface area contributed by atoms with Gasteiger partial charge in [-0.2, -0.15) is 0 Å². The molecule has 0 bridgehead atoms. The van der Waals surface area contributed by atoms with Gasteiger partial charge in [0.2, 0.25) is 0 Å². The van der Waals surface area contributed by atoms with Crippen LogP contribution in [0.3, 0.4) is 0 Å². The van der Waals surface area contributed by atoms with Gasteiger partial charge in [0.1, 0.15) is 0 Å². The lowest BCUT2D eigenvalue weighted by Crippen LogP contribution is -2.55. The van der Waals surface area contributed by atoms with E-state index in [9.17, 15) is 9.90 Å². The van der Waals surface area contributed by atoms with Gasteiger partial charge < -0.3 is 20.3 Å². The molecular weight excluding hydrogens is 210 g/mol. The fourth-order valence-corrected chi connectivity index (χ4v) is 1.64. The van der Waals surface area contributed by atoms with Crippen molar-refractivity contribution in [1.29, 1.82) is 0 Å². The van der Waals surface area contributed by atoms with Crippen molar-refractivity contribution in [3.8, 4) is 0 Å². The van der Waals surface area contributed by atoms with E-state index in [4.69, 9.17) is 9.84 Å². The van der Waals surface area contributed by atoms with Crippen molar-refractivity contribution in [2.24, 2.45) is 5.41 Å². The third-order valence-corrected chi connectivity index (χ3v) is 3.24. The van der Waals surface area contributed by atoms with Gasteiger partial charge in [0.25, 0.3) is 0 Å². The van der Waals surface area contributed by atoms with E-state index in [1.165, 1.54) is 0 Å². The summed E-state index contributed by atoms with van der Waals surface area (Å²) in [5, 5.41) is 21.6. The van der Waals surface area contributed by atoms with Gasteiger partial charge in [-0.15, -0.1) is 0 Å². The minimum Gasteiger partial charge on any atom is -0.481 e. The molecule has 0 aromatic rings. The van der Waals surface area contributed by atoms with Crippen LogP contribution in [0.15, 0.2) is 0 Å². The minimum absolute atomic E-state index is 0.0199. The first-order chi connectivity index (χ1) is 7.42. The monoisotopic (exact) mass is 231 g/mol. The smallest absolute Gasteiger partial charge is 0.310 e. The molecule has 3 N–H and O–H groups in total. The summed E-state index contributed by atoms with van der Waals surface area (Å²) in [7, 11) is 0. The number of rotatable bonds is 5. The molecule has 5 heteroatoms. The van der Waals surface area contributed by atoms with Gasteiger partial charge in [-0.1, -0.05) is 0 Å². The lowest BCUT2D eigenvalue weighted by Gasteiger charge is -2.38. The van der Waals surface area contributed by atoms with E-state index in [2.05, 4.69) is 5.32 Å². The van der Waals surface area contributed by atoms with Crippen LogP contribution in [0.5, 0.6) is 0 Å². The Morgan fingerprint density at radius 1 is 1.44 bits per heavy atom. The highest BCUT2D eigenvalue weighted by molar-refractivity contribution is 5.73. The molecule has 0 saturated carbocycles. The number of aliphatic carboxylic acids is 1. The minimum atomic E-state index is -0.833. The maximum absolute atomic E-state index is 11.0. The molecule has 0 aromatic carbocycles. The number of hydrogen-bond donors (Lipinski definition) is 3. The van der Waals surface area contributed by atoms with Gasteiger partial charge in [0.05, 0.1) is 12.0 Å². The number of carboxylic acid groups (broad SMARTS) is 1. The number of nitrogens with one attached hydrogen (secondary N) is 1. The first-order valence-electron chi connectivity index (χ1n) is 5.59. The molecule has 0 radical (unpaired) electrons. The van der Waals surface area contributed by atoms with Crippen LogP contribution in [0.2, 0.25) is 0 Å². The first kappa shape index (κ1) is 13.4. The number of aliphatic hydroxyl groups is 1. The second-order valence-electron chi connectivity index (χ2n) is 5.09. The molecule has 1 aliphatic rings. The van der Waals surface area contributed by atoms with Crippen LogP contribution in [-0.2, 0) is 9.53 Å². The van der Waals surface area contributed by atoms with E-state index < -0.39 is 11.4 Å². The standard InChI is InChI=1S/C11H21NO4/c1-10(2,9(14)15)7-12-11(8-13)3-5-16-6-4-11/h12-13H,3-8H2,1-2H3,(H,14,15). The summed E-state index contributed by atoms with van der Waals surface area (Å²) in [6.45, 7) is 4.94. The molecule has 1 aliphatic heterocycles. The van der Waals surface area contributed by atoms with E-state index in [-0.39, 0.29) is 12.1 Å². The van der Waals surface area contributed by atoms with Crippen molar-refractivity contribution in [3.63, 3.8) is 0 Å². The number of ether oxygens (including phenoxy) is 1. The summed E-state index contributed by atoms with van der Waals surface area (Å²) >= 11 is 0. The van der Waals surface area contributed by atoms with Crippen molar-refractivity contribution < 1.29 is 19.7 Å². The molecule has 1 rings (SSSR count). The Hall–Kier alpha value is -0.650. The first-order valence-corrected chi connectivity index (χ1v) is 5.59. The lowest BCUT2D eigenvalue weighted by atomic mass is 9.87. The van der Waals surface area contributed by atoms with E-state index in [0.717, 1.165) is 12.8 Å². The summed E-state index contributed by atoms with van der Waals surface area (Å²) in [5.74, 6) is -0.833. The Morgan fingerprint density at radius 2 is 2.00 bits per heavy atom. The largest absolute Gasteiger partial charge is 0.481 e. The van der Waals surface area contributed by atoms with Crippen molar-refractivity contribution in [1.82, 2.24) is 5.32 Å². The predicted octanol–water partition coefficient (Wildman–Crippen LogP) is 0.228. The number of aliphatic hydroxyl groups excluding tert-OH is 1. The van der Waals surface area contributed by atoms with Gasteiger partial charge >= 0.3 is 5.97 Å². The summed E-state index contributed by atoms with van der Waals surface area (Å²) in [6.07, 6.45) is 1.44. The molecular formula is C11H21NO4. The van der Waals surface area contributed by atoms with E-state index in [0.29, 0.717) is 19.8 Å². The Morgan fingerprint density at radius 3 is 2.44 bits per heavy atom. The molecule has 16 heavy (non-hydrogen) atoms. The zero-order chi connectivity index (χ0) is 12.2. The van der Waals surface area contributed by atoms with Crippen LogP contribution < -0.4 is 5.32 Å². The highest BCUT2D eigenvalue weighted by Gasteiger charge is 2.35. The van der Waals surface area contributed by atoms with E-state index in [1.807, 2.05) is 0 Å². The fourth-order valence-electron chi connectivity index (χ4n) is 1.64. The average Bonchev–Trinajstić information content (AvgIpc) is 2.28. The summed E-state index contributed by atoms with van der Waals surface area (Å²) < 4.78 is 5.24. The maximum Gasteiger partial charge on any atom is 0.310 e. The Labute approximate surface area is 95.8 Å². The van der Waals surface area contributed by atoms with Crippen molar-refractivity contribution in [2.75, 3.05) is 26.4 Å². The van der Waals surface area contributed by atoms with Crippen LogP contribution in [0.25, 0.3) is 0 Å². The van der Waals surface area contributed by atoms with Gasteiger partial charge in [-0.25, -0.2) is 0 Å². The molecule has 0 aromatic heterocycles. The molecule has 1 fully saturated rings. The Bertz CT molecular complexity index is 246. The van der Waals surface area contributed by atoms with Crippen LogP contribution in [-0.4, -0.2) is 48.1 Å². The molecule has 1 saturated heterocycles. The Kier molecular flexibility index (Phi) is 4.29. The predicted molar refractivity (Wildman–Crippen MR) is 59.3 cm³/mol. The van der Waals surface area contributed by atoms with Gasteiger partial charge in [0.15, 0.2) is 0 Å². The van der Waals surface area contributed by atoms with Gasteiger partial charge in [-0.3, -0.25) is 4.79 Å². The SMILES string of the molecule is CC(C)(CNC1(CO)CCOCC1)C(=O)O. The van der Waals surface area contributed by atoms with Crippen LogP contribution in [0.4, 0.5) is 0 Å². The van der Waals surface area contributed by atoms with E-state index >= 15 is 0 Å². The summed E-state index contributed by atoms with van der Waals surface area (Å²) in [4.78, 5) is 11.0. The third kappa shape index (κ3) is 3.17. The fraction of sp³-hybridized carbons (Fsp3) is 0.909. The van der Waals surface area contributed by atoms with Crippen molar-refractivity contribution in [2.45, 2.75) is 32.2 Å². The van der Waals surface area contributed by atoms with Crippen LogP contribution >= 0.6 is 0 Å². The number of carboxylic acids is 1. The average molecular weight is 231 g/mol. The summed E-state index contributed by atoms with van der Waals surface area (Å²) in [6, 6.07) is 0. The normalized spacial score (nSPS) is 20.7. The maximum atomic E-state index is 11.0. The second-order valence-corrected chi connectivity index (χ2v) is 5.09. The van der Waals surface area contributed by atoms with E-state index in [1.54, 1.807) is 13.8 Å². The quantitative estimate of drug-likeness (QED) is 0.631. The van der Waals surface area contributed by atoms with Crippen molar-refractivity contribution >= 4 is 5.97 Å². The van der Waals surface area contributed by atoms with Crippen LogP contribution in [0, 0.1) is 5.41 Å². The summed E-state index contributed by atoms with van der Waals surface area (Å²) in [5.41, 5.74) is -1.19. The van der Waals surface area contributed by atoms with Crippen molar-refractivity contribution in [3.05, 3.63) is 0 Å². The molecule has 0 spiro atoms. The zero-order valence-electron chi connectivity index (χ0n) is 9.95. The molecule has 0 aliphatic carbocycles. The second kappa shape index (κ2) is 5.12. The molecule has 0 atom stereocenters. The van der Waals surface area contributed by atoms with Gasteiger partial charge in [0, 0.05) is 25.3 Å². The van der Waals surface area contributed by atoms with Crippen LogP contribution in [0.1, 0.15) is 26.7 Å². The number of hydrogen-bond acceptors (Lipinski definition) is 4. The molecule has 94 valence electrons. The Balaban J connectivity index is 2.54.